The van der Waals surface area contributed by atoms with Gasteiger partial charge in [-0.05, 0) is 63.4 Å². The topological polar surface area (TPSA) is 95.6 Å². The first kappa shape index (κ1) is 23.2. The summed E-state index contributed by atoms with van der Waals surface area (Å²) in [5.41, 5.74) is 0.750. The second kappa shape index (κ2) is 9.80. The van der Waals surface area contributed by atoms with Crippen LogP contribution in [0.1, 0.15) is 53.8 Å². The minimum atomic E-state index is -3.79. The Balaban J connectivity index is 1.87. The van der Waals surface area contributed by atoms with Gasteiger partial charge in [0.25, 0.3) is 11.8 Å². The van der Waals surface area contributed by atoms with E-state index in [2.05, 4.69) is 10.0 Å². The number of benzene rings is 2. The fourth-order valence-electron chi connectivity index (χ4n) is 3.46. The molecule has 166 valence electrons. The zero-order valence-corrected chi connectivity index (χ0v) is 19.1. The molecule has 0 saturated carbocycles. The van der Waals surface area contributed by atoms with Gasteiger partial charge in [0.1, 0.15) is 0 Å². The molecule has 1 saturated heterocycles. The maximum absolute atomic E-state index is 13.0. The zero-order chi connectivity index (χ0) is 22.6. The van der Waals surface area contributed by atoms with E-state index >= 15 is 0 Å². The van der Waals surface area contributed by atoms with E-state index in [0.717, 1.165) is 19.3 Å². The standard InChI is InChI=1S/C22H26ClN3O4S/c1-15(2)25-31(29,30)16-10-11-19(23)18(14-16)21(27)24-20-9-5-4-8-17(20)22(28)26-12-6-3-7-13-26/h4-5,8-11,14-15,25H,3,6-7,12-13H2,1-2H3,(H,24,27). The summed E-state index contributed by atoms with van der Waals surface area (Å²) < 4.78 is 27.4. The highest BCUT2D eigenvalue weighted by Crippen LogP contribution is 2.24. The second-order valence-electron chi connectivity index (χ2n) is 7.77. The third kappa shape index (κ3) is 5.64. The quantitative estimate of drug-likeness (QED) is 0.679. The smallest absolute Gasteiger partial charge is 0.257 e. The van der Waals surface area contributed by atoms with Crippen LogP contribution >= 0.6 is 11.6 Å². The number of piperidine rings is 1. The number of anilines is 1. The molecular weight excluding hydrogens is 438 g/mol. The minimum Gasteiger partial charge on any atom is -0.339 e. The van der Waals surface area contributed by atoms with E-state index < -0.39 is 15.9 Å². The van der Waals surface area contributed by atoms with Gasteiger partial charge in [0, 0.05) is 19.1 Å². The van der Waals surface area contributed by atoms with Crippen molar-refractivity contribution < 1.29 is 18.0 Å². The number of sulfonamides is 1. The Morgan fingerprint density at radius 1 is 1.00 bits per heavy atom. The molecule has 0 aromatic heterocycles. The van der Waals surface area contributed by atoms with E-state index in [1.165, 1.54) is 18.2 Å². The van der Waals surface area contributed by atoms with Crippen LogP contribution in [0.5, 0.6) is 0 Å². The molecule has 1 heterocycles. The van der Waals surface area contributed by atoms with Gasteiger partial charge in [-0.2, -0.15) is 0 Å². The lowest BCUT2D eigenvalue weighted by molar-refractivity contribution is 0.0725. The van der Waals surface area contributed by atoms with Gasteiger partial charge in [-0.25, -0.2) is 13.1 Å². The number of rotatable bonds is 6. The normalized spacial score (nSPS) is 14.5. The number of halogens is 1. The summed E-state index contributed by atoms with van der Waals surface area (Å²) in [5.74, 6) is -0.732. The van der Waals surface area contributed by atoms with Crippen molar-refractivity contribution in [2.75, 3.05) is 18.4 Å². The van der Waals surface area contributed by atoms with E-state index in [4.69, 9.17) is 11.6 Å². The van der Waals surface area contributed by atoms with Gasteiger partial charge in [-0.3, -0.25) is 9.59 Å². The number of hydrogen-bond acceptors (Lipinski definition) is 4. The molecule has 31 heavy (non-hydrogen) atoms. The van der Waals surface area contributed by atoms with Crippen molar-refractivity contribution in [1.29, 1.82) is 0 Å². The van der Waals surface area contributed by atoms with Crippen LogP contribution in [-0.4, -0.2) is 44.3 Å². The Hall–Kier alpha value is -2.42. The summed E-state index contributed by atoms with van der Waals surface area (Å²) in [4.78, 5) is 27.6. The molecule has 0 atom stereocenters. The Morgan fingerprint density at radius 3 is 2.35 bits per heavy atom. The molecule has 0 aliphatic carbocycles. The molecule has 3 rings (SSSR count). The lowest BCUT2D eigenvalue weighted by Gasteiger charge is -2.27. The Bertz CT molecular complexity index is 1080. The summed E-state index contributed by atoms with van der Waals surface area (Å²) in [5, 5.41) is 2.83. The number of nitrogens with one attached hydrogen (secondary N) is 2. The molecule has 7 nitrogen and oxygen atoms in total. The highest BCUT2D eigenvalue weighted by atomic mass is 35.5. The SMILES string of the molecule is CC(C)NS(=O)(=O)c1ccc(Cl)c(C(=O)Nc2ccccc2C(=O)N2CCCCC2)c1. The van der Waals surface area contributed by atoms with Crippen LogP contribution in [0.15, 0.2) is 47.4 Å². The van der Waals surface area contributed by atoms with Crippen molar-refractivity contribution in [2.45, 2.75) is 44.0 Å². The fourth-order valence-corrected chi connectivity index (χ4v) is 4.94. The second-order valence-corrected chi connectivity index (χ2v) is 9.89. The van der Waals surface area contributed by atoms with Gasteiger partial charge in [0.2, 0.25) is 10.0 Å². The zero-order valence-electron chi connectivity index (χ0n) is 17.5. The van der Waals surface area contributed by atoms with Crippen LogP contribution in [0.3, 0.4) is 0 Å². The van der Waals surface area contributed by atoms with Gasteiger partial charge in [-0.1, -0.05) is 23.7 Å². The van der Waals surface area contributed by atoms with E-state index in [0.29, 0.717) is 24.3 Å². The van der Waals surface area contributed by atoms with E-state index in [9.17, 15) is 18.0 Å². The van der Waals surface area contributed by atoms with Crippen LogP contribution in [0.2, 0.25) is 5.02 Å². The largest absolute Gasteiger partial charge is 0.339 e. The number of carbonyl (C=O) groups is 2. The molecule has 0 spiro atoms. The first-order chi connectivity index (χ1) is 14.7. The summed E-state index contributed by atoms with van der Waals surface area (Å²) in [6.07, 6.45) is 3.02. The summed E-state index contributed by atoms with van der Waals surface area (Å²) in [7, 11) is -3.79. The van der Waals surface area contributed by atoms with E-state index in [1.807, 2.05) is 0 Å². The molecular formula is C22H26ClN3O4S. The van der Waals surface area contributed by atoms with Gasteiger partial charge in [0.05, 0.1) is 26.7 Å². The molecule has 1 aliphatic rings. The van der Waals surface area contributed by atoms with Crippen LogP contribution in [0, 0.1) is 0 Å². The molecule has 0 bridgehead atoms. The molecule has 1 aliphatic heterocycles. The number of para-hydroxylation sites is 1. The first-order valence-corrected chi connectivity index (χ1v) is 12.1. The van der Waals surface area contributed by atoms with Gasteiger partial charge in [-0.15, -0.1) is 0 Å². The van der Waals surface area contributed by atoms with Crippen LogP contribution in [0.25, 0.3) is 0 Å². The number of amides is 2. The summed E-state index contributed by atoms with van der Waals surface area (Å²) >= 11 is 6.19. The lowest BCUT2D eigenvalue weighted by Crippen LogP contribution is -2.36. The molecule has 2 amide bonds. The number of nitrogens with zero attached hydrogens (tertiary/aromatic N) is 1. The summed E-state index contributed by atoms with van der Waals surface area (Å²) in [6, 6.07) is 10.4. The molecule has 1 fully saturated rings. The Morgan fingerprint density at radius 2 is 1.68 bits per heavy atom. The molecule has 9 heteroatoms. The average Bonchev–Trinajstić information content (AvgIpc) is 2.73. The highest BCUT2D eigenvalue weighted by Gasteiger charge is 2.23. The Kier molecular flexibility index (Phi) is 7.35. The third-order valence-electron chi connectivity index (χ3n) is 4.93. The van der Waals surface area contributed by atoms with Crippen molar-refractivity contribution in [3.8, 4) is 0 Å². The van der Waals surface area contributed by atoms with Crippen molar-refractivity contribution >= 4 is 39.1 Å². The van der Waals surface area contributed by atoms with Crippen molar-refractivity contribution in [2.24, 2.45) is 0 Å². The summed E-state index contributed by atoms with van der Waals surface area (Å²) in [6.45, 7) is 4.79. The average molecular weight is 464 g/mol. The van der Waals surface area contributed by atoms with Crippen molar-refractivity contribution in [3.05, 3.63) is 58.6 Å². The maximum Gasteiger partial charge on any atom is 0.257 e. The number of likely N-dealkylation sites (tertiary alicyclic amines) is 1. The lowest BCUT2D eigenvalue weighted by atomic mass is 10.1. The predicted octanol–water partition coefficient (Wildman–Crippen LogP) is 3.91. The molecule has 2 aromatic rings. The first-order valence-electron chi connectivity index (χ1n) is 10.2. The van der Waals surface area contributed by atoms with E-state index in [1.54, 1.807) is 43.0 Å². The van der Waals surface area contributed by atoms with Crippen molar-refractivity contribution in [3.63, 3.8) is 0 Å². The highest BCUT2D eigenvalue weighted by molar-refractivity contribution is 7.89. The third-order valence-corrected chi connectivity index (χ3v) is 6.92. The van der Waals surface area contributed by atoms with Crippen LogP contribution in [0.4, 0.5) is 5.69 Å². The van der Waals surface area contributed by atoms with E-state index in [-0.39, 0.29) is 27.4 Å². The Labute approximate surface area is 187 Å². The minimum absolute atomic E-state index is 0.00789. The van der Waals surface area contributed by atoms with Crippen LogP contribution < -0.4 is 10.0 Å². The van der Waals surface area contributed by atoms with Crippen molar-refractivity contribution in [1.82, 2.24) is 9.62 Å². The predicted molar refractivity (Wildman–Crippen MR) is 121 cm³/mol. The monoisotopic (exact) mass is 463 g/mol. The molecule has 2 aromatic carbocycles. The van der Waals surface area contributed by atoms with Crippen LogP contribution in [-0.2, 0) is 10.0 Å². The molecule has 2 N–H and O–H groups in total. The fraction of sp³-hybridized carbons (Fsp3) is 0.364. The van der Waals surface area contributed by atoms with Gasteiger partial charge < -0.3 is 10.2 Å². The van der Waals surface area contributed by atoms with Gasteiger partial charge in [0.15, 0.2) is 0 Å². The molecule has 0 unspecified atom stereocenters. The number of carbonyl (C=O) groups excluding carboxylic acids is 2. The van der Waals surface area contributed by atoms with Gasteiger partial charge >= 0.3 is 0 Å². The maximum atomic E-state index is 13.0. The number of hydrogen-bond donors (Lipinski definition) is 2. The molecule has 0 radical (unpaired) electrons.